The number of carbonyl (C=O) groups is 2. The van der Waals surface area contributed by atoms with Gasteiger partial charge in [-0.3, -0.25) is 9.59 Å². The third kappa shape index (κ3) is 8.22. The molecular formula is C31H38FN3O5. The van der Waals surface area contributed by atoms with Crippen molar-refractivity contribution in [2.75, 3.05) is 0 Å². The van der Waals surface area contributed by atoms with Gasteiger partial charge in [0.05, 0.1) is 24.3 Å². The third-order valence-electron chi connectivity index (χ3n) is 6.64. The van der Waals surface area contributed by atoms with Crippen LogP contribution in [0.1, 0.15) is 80.5 Å². The molecule has 8 nitrogen and oxygen atoms in total. The van der Waals surface area contributed by atoms with Gasteiger partial charge in [-0.05, 0) is 76.3 Å². The third-order valence-corrected chi connectivity index (χ3v) is 6.64. The first-order chi connectivity index (χ1) is 19.0. The van der Waals surface area contributed by atoms with E-state index in [2.05, 4.69) is 5.32 Å². The molecule has 2 aromatic carbocycles. The summed E-state index contributed by atoms with van der Waals surface area (Å²) < 4.78 is 20.9. The molecule has 3 N–H and O–H groups in total. The summed E-state index contributed by atoms with van der Waals surface area (Å²) >= 11 is 0. The van der Waals surface area contributed by atoms with Crippen molar-refractivity contribution in [3.63, 3.8) is 0 Å². The minimum absolute atomic E-state index is 0.00298. The second-order valence-electron chi connectivity index (χ2n) is 11.4. The predicted molar refractivity (Wildman–Crippen MR) is 149 cm³/mol. The van der Waals surface area contributed by atoms with E-state index >= 15 is 0 Å². The van der Waals surface area contributed by atoms with E-state index in [-0.39, 0.29) is 36.9 Å². The number of imidazole rings is 1. The van der Waals surface area contributed by atoms with Gasteiger partial charge < -0.3 is 24.8 Å². The minimum atomic E-state index is -1.05. The number of carbonyl (C=O) groups excluding carboxylic acids is 2. The molecule has 1 saturated carbocycles. The van der Waals surface area contributed by atoms with Crippen LogP contribution in [0.5, 0.6) is 0 Å². The average molecular weight is 552 g/mol. The molecule has 0 spiro atoms. The molecule has 1 amide bonds. The van der Waals surface area contributed by atoms with Crippen molar-refractivity contribution in [1.29, 1.82) is 0 Å². The van der Waals surface area contributed by atoms with Crippen LogP contribution in [0.4, 0.5) is 4.39 Å². The Labute approximate surface area is 234 Å². The van der Waals surface area contributed by atoms with E-state index in [1.54, 1.807) is 32.9 Å². The minimum Gasteiger partial charge on any atom is -0.460 e. The van der Waals surface area contributed by atoms with Gasteiger partial charge in [0.2, 0.25) is 0 Å². The number of halogens is 1. The van der Waals surface area contributed by atoms with Crippen molar-refractivity contribution in [3.8, 4) is 11.4 Å². The maximum atomic E-state index is 13.7. The van der Waals surface area contributed by atoms with Crippen molar-refractivity contribution >= 4 is 11.9 Å². The van der Waals surface area contributed by atoms with Crippen LogP contribution in [-0.2, 0) is 22.6 Å². The van der Waals surface area contributed by atoms with Gasteiger partial charge >= 0.3 is 5.97 Å². The summed E-state index contributed by atoms with van der Waals surface area (Å²) in [6, 6.07) is 15.5. The molecule has 0 saturated heterocycles. The van der Waals surface area contributed by atoms with Crippen molar-refractivity contribution in [1.82, 2.24) is 14.9 Å². The predicted octanol–water partition coefficient (Wildman–Crippen LogP) is 4.73. The Morgan fingerprint density at radius 1 is 1.07 bits per heavy atom. The first-order valence-corrected chi connectivity index (χ1v) is 13.8. The molecule has 1 aromatic heterocycles. The van der Waals surface area contributed by atoms with Crippen LogP contribution in [0, 0.1) is 5.82 Å². The lowest BCUT2D eigenvalue weighted by atomic mass is 10.1. The van der Waals surface area contributed by atoms with Crippen molar-refractivity contribution in [3.05, 3.63) is 77.4 Å². The highest BCUT2D eigenvalue weighted by Gasteiger charge is 2.35. The zero-order chi connectivity index (χ0) is 28.9. The standard InChI is InChI=1S/C31H38FN3O5/c1-31(2,3)40-26(38)18-25(37)17-24(36)15-16-35-28(21-9-10-21)27(30(39)33-19-20-7-5-4-6-8-20)34-29(35)22-11-13-23(32)14-12-22/h4-8,11-14,21,24-25,36-37H,9-10,15-19H2,1-3H3,(H,33,39)/t24-,25-/m1/s1. The smallest absolute Gasteiger partial charge is 0.308 e. The molecule has 0 radical (unpaired) electrons. The fraction of sp³-hybridized carbons (Fsp3) is 0.452. The Balaban J connectivity index is 1.52. The maximum absolute atomic E-state index is 13.7. The number of rotatable bonds is 12. The number of hydrogen-bond donors (Lipinski definition) is 3. The van der Waals surface area contributed by atoms with Crippen molar-refractivity contribution in [2.24, 2.45) is 0 Å². The SMILES string of the molecule is CC(C)(C)OC(=O)C[C@H](O)C[C@H](O)CCn1c(-c2ccc(F)cc2)nc(C(=O)NCc2ccccc2)c1C1CC1. The molecule has 0 aliphatic heterocycles. The van der Waals surface area contributed by atoms with Gasteiger partial charge in [0.15, 0.2) is 0 Å². The molecule has 9 heteroatoms. The normalized spacial score (nSPS) is 14.9. The molecule has 3 aromatic rings. The Morgan fingerprint density at radius 2 is 1.75 bits per heavy atom. The van der Waals surface area contributed by atoms with Gasteiger partial charge in [0.1, 0.15) is 22.9 Å². The molecule has 214 valence electrons. The summed E-state index contributed by atoms with van der Waals surface area (Å²) in [4.78, 5) is 30.1. The van der Waals surface area contributed by atoms with Crippen LogP contribution >= 0.6 is 0 Å². The Morgan fingerprint density at radius 3 is 2.38 bits per heavy atom. The van der Waals surface area contributed by atoms with Gasteiger partial charge in [-0.15, -0.1) is 0 Å². The summed E-state index contributed by atoms with van der Waals surface area (Å²) in [5.74, 6) is -0.509. The largest absolute Gasteiger partial charge is 0.460 e. The van der Waals surface area contributed by atoms with E-state index in [9.17, 15) is 24.2 Å². The topological polar surface area (TPSA) is 114 Å². The van der Waals surface area contributed by atoms with Gasteiger partial charge in [-0.2, -0.15) is 0 Å². The highest BCUT2D eigenvalue weighted by atomic mass is 19.1. The highest BCUT2D eigenvalue weighted by Crippen LogP contribution is 2.43. The number of esters is 1. The van der Waals surface area contributed by atoms with Crippen LogP contribution in [0.15, 0.2) is 54.6 Å². The summed E-state index contributed by atoms with van der Waals surface area (Å²) in [5.41, 5.74) is 2.10. The zero-order valence-electron chi connectivity index (χ0n) is 23.3. The van der Waals surface area contributed by atoms with E-state index in [0.29, 0.717) is 30.2 Å². The van der Waals surface area contributed by atoms with Gasteiger partial charge in [0.25, 0.3) is 5.91 Å². The number of aromatic nitrogens is 2. The van der Waals surface area contributed by atoms with Crippen LogP contribution in [0.2, 0.25) is 0 Å². The molecule has 0 unspecified atom stereocenters. The molecule has 40 heavy (non-hydrogen) atoms. The zero-order valence-corrected chi connectivity index (χ0v) is 23.3. The maximum Gasteiger partial charge on any atom is 0.308 e. The number of amides is 1. The highest BCUT2D eigenvalue weighted by molar-refractivity contribution is 5.94. The Kier molecular flexibility index (Phi) is 9.37. The van der Waals surface area contributed by atoms with Gasteiger partial charge in [-0.25, -0.2) is 9.37 Å². The molecule has 0 bridgehead atoms. The van der Waals surface area contributed by atoms with Crippen LogP contribution in [0.25, 0.3) is 11.4 Å². The lowest BCUT2D eigenvalue weighted by Crippen LogP contribution is -2.28. The number of nitrogens with one attached hydrogen (secondary N) is 1. The van der Waals surface area contributed by atoms with Crippen LogP contribution in [0.3, 0.4) is 0 Å². The second-order valence-corrected chi connectivity index (χ2v) is 11.4. The second kappa shape index (κ2) is 12.7. The number of aliphatic hydroxyl groups is 2. The summed E-state index contributed by atoms with van der Waals surface area (Å²) in [6.45, 7) is 5.95. The van der Waals surface area contributed by atoms with E-state index in [1.807, 2.05) is 34.9 Å². The summed E-state index contributed by atoms with van der Waals surface area (Å²) in [6.07, 6.45) is -0.0481. The van der Waals surface area contributed by atoms with E-state index < -0.39 is 23.8 Å². The number of nitrogens with zero attached hydrogens (tertiary/aromatic N) is 2. The summed E-state index contributed by atoms with van der Waals surface area (Å²) in [7, 11) is 0. The first kappa shape index (κ1) is 29.4. The lowest BCUT2D eigenvalue weighted by molar-refractivity contribution is -0.157. The summed E-state index contributed by atoms with van der Waals surface area (Å²) in [5, 5.41) is 24.0. The van der Waals surface area contributed by atoms with E-state index in [0.717, 1.165) is 24.1 Å². The Bertz CT molecular complexity index is 1300. The monoisotopic (exact) mass is 551 g/mol. The number of benzene rings is 2. The number of hydrogen-bond acceptors (Lipinski definition) is 6. The average Bonchev–Trinajstić information content (AvgIpc) is 3.65. The molecule has 2 atom stereocenters. The fourth-order valence-corrected chi connectivity index (χ4v) is 4.68. The fourth-order valence-electron chi connectivity index (χ4n) is 4.68. The molecule has 1 aliphatic rings. The Hall–Kier alpha value is -3.56. The molecule has 1 fully saturated rings. The van der Waals surface area contributed by atoms with Gasteiger partial charge in [0, 0.05) is 24.6 Å². The lowest BCUT2D eigenvalue weighted by Gasteiger charge is -2.21. The van der Waals surface area contributed by atoms with Crippen molar-refractivity contribution in [2.45, 2.75) is 89.7 Å². The van der Waals surface area contributed by atoms with Gasteiger partial charge in [-0.1, -0.05) is 30.3 Å². The van der Waals surface area contributed by atoms with E-state index in [1.165, 1.54) is 12.1 Å². The molecule has 1 heterocycles. The van der Waals surface area contributed by atoms with Crippen LogP contribution < -0.4 is 5.32 Å². The quantitative estimate of drug-likeness (QED) is 0.281. The molecule has 1 aliphatic carbocycles. The number of aliphatic hydroxyl groups excluding tert-OH is 2. The van der Waals surface area contributed by atoms with Crippen LogP contribution in [-0.4, -0.2) is 49.4 Å². The molecular weight excluding hydrogens is 513 g/mol. The van der Waals surface area contributed by atoms with Crippen molar-refractivity contribution < 1.29 is 28.9 Å². The number of ether oxygens (including phenoxy) is 1. The first-order valence-electron chi connectivity index (χ1n) is 13.8. The molecule has 4 rings (SSSR count). The van der Waals surface area contributed by atoms with E-state index in [4.69, 9.17) is 9.72 Å².